The van der Waals surface area contributed by atoms with E-state index in [1.165, 1.54) is 12.8 Å². The highest BCUT2D eigenvalue weighted by atomic mass is 16.2. The van der Waals surface area contributed by atoms with Gasteiger partial charge in [-0.15, -0.1) is 0 Å². The standard InChI is InChI=1S/C24H31N7O/c1-18-16-22(31-23(27-18)25-17-26-31)29-14-11-19(12-15-29)21-10-6-3-7-13-30(21)24(32)28-20-8-4-2-5-9-20/h2,4-5,8-9,16-17,19,21H,3,6-7,10-15H2,1H3,(H,28,32)/t21-/m0/s1. The Kier molecular flexibility index (Phi) is 5.92. The molecular formula is C24H31N7O. The Hall–Kier alpha value is -3.16. The zero-order chi connectivity index (χ0) is 21.9. The summed E-state index contributed by atoms with van der Waals surface area (Å²) in [6.07, 6.45) is 8.27. The molecule has 0 radical (unpaired) electrons. The average molecular weight is 434 g/mol. The molecule has 4 heterocycles. The zero-order valence-electron chi connectivity index (χ0n) is 18.7. The van der Waals surface area contributed by atoms with Crippen LogP contribution in [0.15, 0.2) is 42.7 Å². The monoisotopic (exact) mass is 433 g/mol. The van der Waals surface area contributed by atoms with Crippen LogP contribution in [-0.4, -0.2) is 56.2 Å². The lowest BCUT2D eigenvalue weighted by atomic mass is 9.86. The molecule has 3 aromatic rings. The van der Waals surface area contributed by atoms with Gasteiger partial charge in [0.1, 0.15) is 12.1 Å². The molecule has 1 atom stereocenters. The predicted molar refractivity (Wildman–Crippen MR) is 125 cm³/mol. The van der Waals surface area contributed by atoms with Crippen LogP contribution in [0.5, 0.6) is 0 Å². The molecule has 2 aromatic heterocycles. The summed E-state index contributed by atoms with van der Waals surface area (Å²) in [5, 5.41) is 7.49. The van der Waals surface area contributed by atoms with E-state index >= 15 is 0 Å². The van der Waals surface area contributed by atoms with Crippen molar-refractivity contribution in [3.63, 3.8) is 0 Å². The number of aromatic nitrogens is 4. The van der Waals surface area contributed by atoms with Crippen LogP contribution in [-0.2, 0) is 0 Å². The maximum Gasteiger partial charge on any atom is 0.322 e. The first-order valence-corrected chi connectivity index (χ1v) is 11.7. The maximum absolute atomic E-state index is 13.2. The molecule has 5 rings (SSSR count). The summed E-state index contributed by atoms with van der Waals surface area (Å²) in [7, 11) is 0. The highest BCUT2D eigenvalue weighted by Gasteiger charge is 2.34. The molecule has 0 spiro atoms. The van der Waals surface area contributed by atoms with E-state index in [-0.39, 0.29) is 6.03 Å². The third kappa shape index (κ3) is 4.26. The molecule has 32 heavy (non-hydrogen) atoms. The van der Waals surface area contributed by atoms with Gasteiger partial charge in [-0.1, -0.05) is 31.0 Å². The Morgan fingerprint density at radius 3 is 2.66 bits per heavy atom. The van der Waals surface area contributed by atoms with Crippen molar-refractivity contribution in [1.82, 2.24) is 24.5 Å². The number of urea groups is 1. The van der Waals surface area contributed by atoms with Crippen molar-refractivity contribution in [2.45, 2.75) is 51.5 Å². The Bertz CT molecular complexity index is 1060. The molecule has 168 valence electrons. The molecule has 2 saturated heterocycles. The summed E-state index contributed by atoms with van der Waals surface area (Å²) in [5.41, 5.74) is 1.82. The van der Waals surface area contributed by atoms with Crippen molar-refractivity contribution in [2.24, 2.45) is 5.92 Å². The normalized spacial score (nSPS) is 20.3. The molecule has 0 saturated carbocycles. The van der Waals surface area contributed by atoms with Gasteiger partial charge in [0, 0.05) is 43.1 Å². The number of para-hydroxylation sites is 1. The van der Waals surface area contributed by atoms with Crippen LogP contribution in [0.3, 0.4) is 0 Å². The van der Waals surface area contributed by atoms with Gasteiger partial charge >= 0.3 is 6.03 Å². The fourth-order valence-electron chi connectivity index (χ4n) is 5.24. The van der Waals surface area contributed by atoms with Gasteiger partial charge in [-0.3, -0.25) is 0 Å². The van der Waals surface area contributed by atoms with Gasteiger partial charge in [0.2, 0.25) is 0 Å². The average Bonchev–Trinajstić information content (AvgIpc) is 3.14. The summed E-state index contributed by atoms with van der Waals surface area (Å²) >= 11 is 0. The minimum Gasteiger partial charge on any atom is -0.356 e. The number of fused-ring (bicyclic) bond motifs is 1. The fraction of sp³-hybridized carbons (Fsp3) is 0.500. The molecule has 0 unspecified atom stereocenters. The van der Waals surface area contributed by atoms with Crippen LogP contribution < -0.4 is 10.2 Å². The summed E-state index contributed by atoms with van der Waals surface area (Å²) in [6.45, 7) is 4.74. The Balaban J connectivity index is 1.29. The van der Waals surface area contributed by atoms with Gasteiger partial charge in [-0.25, -0.2) is 9.78 Å². The number of nitrogens with one attached hydrogen (secondary N) is 1. The van der Waals surface area contributed by atoms with Crippen LogP contribution in [0.1, 0.15) is 44.2 Å². The molecule has 1 N–H and O–H groups in total. The number of amides is 2. The van der Waals surface area contributed by atoms with Gasteiger partial charge in [0.05, 0.1) is 0 Å². The SMILES string of the molecule is Cc1cc(N2CCC([C@@H]3CCCCCN3C(=O)Nc3ccccc3)CC2)n2ncnc2n1. The lowest BCUT2D eigenvalue weighted by Gasteiger charge is -2.41. The number of benzene rings is 1. The molecule has 1 aromatic carbocycles. The number of rotatable bonds is 3. The van der Waals surface area contributed by atoms with Crippen LogP contribution in [0.2, 0.25) is 0 Å². The minimum atomic E-state index is 0.0413. The number of nitrogens with zero attached hydrogens (tertiary/aromatic N) is 6. The molecule has 2 fully saturated rings. The zero-order valence-corrected chi connectivity index (χ0v) is 18.7. The fourth-order valence-corrected chi connectivity index (χ4v) is 5.24. The number of aryl methyl sites for hydroxylation is 1. The first-order valence-electron chi connectivity index (χ1n) is 11.7. The number of carbonyl (C=O) groups is 1. The number of likely N-dealkylation sites (tertiary alicyclic amines) is 1. The van der Waals surface area contributed by atoms with E-state index in [2.05, 4.69) is 36.2 Å². The van der Waals surface area contributed by atoms with Crippen LogP contribution in [0.4, 0.5) is 16.3 Å². The van der Waals surface area contributed by atoms with E-state index in [0.29, 0.717) is 17.7 Å². The van der Waals surface area contributed by atoms with Gasteiger partial charge in [-0.05, 0) is 50.7 Å². The predicted octanol–water partition coefficient (Wildman–Crippen LogP) is 4.13. The van der Waals surface area contributed by atoms with E-state index in [1.807, 2.05) is 41.8 Å². The van der Waals surface area contributed by atoms with Crippen molar-refractivity contribution < 1.29 is 4.79 Å². The summed E-state index contributed by atoms with van der Waals surface area (Å²) in [5.74, 6) is 2.22. The van der Waals surface area contributed by atoms with Gasteiger partial charge in [0.15, 0.2) is 0 Å². The van der Waals surface area contributed by atoms with Crippen LogP contribution in [0.25, 0.3) is 5.78 Å². The second-order valence-electron chi connectivity index (χ2n) is 8.96. The van der Waals surface area contributed by atoms with E-state index in [9.17, 15) is 4.79 Å². The lowest BCUT2D eigenvalue weighted by Crippen LogP contribution is -2.49. The first kappa shape index (κ1) is 20.7. The summed E-state index contributed by atoms with van der Waals surface area (Å²) in [6, 6.07) is 12.2. The largest absolute Gasteiger partial charge is 0.356 e. The summed E-state index contributed by atoms with van der Waals surface area (Å²) < 4.78 is 1.83. The molecule has 2 aliphatic heterocycles. The van der Waals surface area contributed by atoms with Crippen molar-refractivity contribution in [1.29, 1.82) is 0 Å². The molecule has 0 bridgehead atoms. The van der Waals surface area contributed by atoms with Crippen molar-refractivity contribution in [3.05, 3.63) is 48.4 Å². The molecule has 8 nitrogen and oxygen atoms in total. The summed E-state index contributed by atoms with van der Waals surface area (Å²) in [4.78, 5) is 26.4. The molecule has 2 aliphatic rings. The van der Waals surface area contributed by atoms with Crippen molar-refractivity contribution >= 4 is 23.3 Å². The van der Waals surface area contributed by atoms with E-state index in [4.69, 9.17) is 0 Å². The number of anilines is 2. The second-order valence-corrected chi connectivity index (χ2v) is 8.96. The highest BCUT2D eigenvalue weighted by Crippen LogP contribution is 2.32. The highest BCUT2D eigenvalue weighted by molar-refractivity contribution is 5.89. The van der Waals surface area contributed by atoms with Crippen LogP contribution in [0, 0.1) is 12.8 Å². The van der Waals surface area contributed by atoms with E-state index < -0.39 is 0 Å². The van der Waals surface area contributed by atoms with E-state index in [0.717, 1.165) is 62.5 Å². The van der Waals surface area contributed by atoms with Gasteiger partial charge in [0.25, 0.3) is 5.78 Å². The maximum atomic E-state index is 13.2. The van der Waals surface area contributed by atoms with Gasteiger partial charge < -0.3 is 15.1 Å². The third-order valence-corrected chi connectivity index (χ3v) is 6.85. The third-order valence-electron chi connectivity index (χ3n) is 6.85. The Morgan fingerprint density at radius 2 is 1.84 bits per heavy atom. The topological polar surface area (TPSA) is 78.7 Å². The van der Waals surface area contributed by atoms with Crippen molar-refractivity contribution in [2.75, 3.05) is 29.9 Å². The van der Waals surface area contributed by atoms with Crippen LogP contribution >= 0.6 is 0 Å². The number of hydrogen-bond acceptors (Lipinski definition) is 5. The number of hydrogen-bond donors (Lipinski definition) is 1. The molecule has 8 heteroatoms. The number of carbonyl (C=O) groups excluding carboxylic acids is 1. The van der Waals surface area contributed by atoms with Crippen molar-refractivity contribution in [3.8, 4) is 0 Å². The van der Waals surface area contributed by atoms with E-state index in [1.54, 1.807) is 6.33 Å². The quantitative estimate of drug-likeness (QED) is 0.672. The molecule has 2 amide bonds. The Labute approximate surface area is 188 Å². The first-order chi connectivity index (χ1) is 15.7. The second kappa shape index (κ2) is 9.14. The van der Waals surface area contributed by atoms with Gasteiger partial charge in [-0.2, -0.15) is 14.6 Å². The smallest absolute Gasteiger partial charge is 0.322 e. The molecule has 0 aliphatic carbocycles. The lowest BCUT2D eigenvalue weighted by molar-refractivity contribution is 0.146. The molecular weight excluding hydrogens is 402 g/mol. The minimum absolute atomic E-state index is 0.0413. The Morgan fingerprint density at radius 1 is 1.03 bits per heavy atom. The number of piperidine rings is 1.